The number of nitrogens with zero attached hydrogens (tertiary/aromatic N) is 3. The second-order valence-electron chi connectivity index (χ2n) is 26.4. The van der Waals surface area contributed by atoms with Crippen LogP contribution < -0.4 is 26.0 Å². The van der Waals surface area contributed by atoms with E-state index in [0.29, 0.717) is 86.8 Å². The summed E-state index contributed by atoms with van der Waals surface area (Å²) in [6, 6.07) is 24.3. The lowest BCUT2D eigenvalue weighted by atomic mass is 9.45. The highest BCUT2D eigenvalue weighted by molar-refractivity contribution is 6.14. The van der Waals surface area contributed by atoms with Crippen molar-refractivity contribution in [2.75, 3.05) is 36.5 Å². The Morgan fingerprint density at radius 1 is 0.883 bits per heavy atom. The number of aliphatic hydroxyl groups is 7. The molecule has 3 fully saturated rings. The summed E-state index contributed by atoms with van der Waals surface area (Å²) in [5.41, 5.74) is 6.53. The first-order chi connectivity index (χ1) is 45.2. The molecule has 12 atom stereocenters. The van der Waals surface area contributed by atoms with Crippen LogP contribution in [-0.4, -0.2) is 162 Å². The highest BCUT2D eigenvalue weighted by atomic mass is 16.8. The standard InChI is InChI=1S/C70H84N8O16/c71-66(74-34-40-9-2-1-3-10-40)75-37-67(25-4-5-26-67)33-46(81)21-19-42-32-68(65(90)91)59(58(42)69-44(12-7-13-45(69)35-79)20-18-41-11-6-14-51(83)57(41)69)56-49(31-52(60(85)62(56)87)93-70(92)64(89)63(88)61(86)53(36-80)94-70)78(68)55(84)23-17-39-16-22-50(82)43(29-39)30-48-47(76-38-77-48)24-28-73-54-15-8-27-72-54/h1-3,6,8-11,14-17,22-23,27,29,31-32,38,44-46,53,58-59,61,63-64,72-73,79-83,85-89,92H,4-5,7,12-13,18-21,24-26,28,30,33-37H2,(H,76,77)(H,90,91)(H3,71,74,75). The number of carboxylic acids is 1. The van der Waals surface area contributed by atoms with Gasteiger partial charge in [-0.2, -0.15) is 0 Å². The molecule has 4 aliphatic carbocycles. The molecule has 6 aromatic rings. The predicted octanol–water partition coefficient (Wildman–Crippen LogP) is 5.32. The fourth-order valence-electron chi connectivity index (χ4n) is 16.8. The number of phenols is 4. The number of hydrogen-bond acceptors (Lipinski definition) is 18. The number of ether oxygens (including phenoxy) is 2. The van der Waals surface area contributed by atoms with Crippen LogP contribution in [0.1, 0.15) is 121 Å². The number of anilines is 2. The van der Waals surface area contributed by atoms with E-state index in [4.69, 9.17) is 15.2 Å². The first-order valence-electron chi connectivity index (χ1n) is 32.4. The fourth-order valence-corrected chi connectivity index (χ4v) is 16.8. The third-order valence-electron chi connectivity index (χ3n) is 21.0. The number of aliphatic imine (C=N–C) groups is 1. The molecule has 4 heterocycles. The number of aromatic nitrogens is 3. The van der Waals surface area contributed by atoms with Crippen molar-refractivity contribution in [1.82, 2.24) is 20.3 Å². The SMILES string of the molecule is NC(=NCc1ccccc1)NCC1(CC(O)CCC2=CC3(C(=O)O)C(c4c(cc(OC5(O)OC(CO)C(O)C(O)C5O)c(O)c4O)N3C(=O)C=Cc3ccc(O)c(Cc4[nH]cnc4CCNc4ccc[nH]4)c3)C2C23c4c(O)cccc4CCC2CCCC3CO)CCCC1. The minimum atomic E-state index is -3.37. The summed E-state index contributed by atoms with van der Waals surface area (Å²) in [6.45, 7) is -0.0778. The van der Waals surface area contributed by atoms with Crippen LogP contribution in [0.4, 0.5) is 11.5 Å². The molecule has 12 unspecified atom stereocenters. The molecule has 94 heavy (non-hydrogen) atoms. The molecule has 2 aromatic heterocycles. The number of amides is 1. The molecule has 0 spiro atoms. The molecule has 1 saturated heterocycles. The van der Waals surface area contributed by atoms with Gasteiger partial charge in [-0.3, -0.25) is 9.69 Å². The largest absolute Gasteiger partial charge is 0.508 e. The third kappa shape index (κ3) is 11.9. The third-order valence-corrected chi connectivity index (χ3v) is 21.0. The number of carbonyl (C=O) groups is 2. The molecule has 0 bridgehead atoms. The van der Waals surface area contributed by atoms with E-state index in [1.165, 1.54) is 18.2 Å². The molecular formula is C70H84N8O16. The molecule has 1 amide bonds. The van der Waals surface area contributed by atoms with Gasteiger partial charge in [0.2, 0.25) is 5.75 Å². The summed E-state index contributed by atoms with van der Waals surface area (Å²) in [5.74, 6) is -11.8. The molecule has 24 heteroatoms. The van der Waals surface area contributed by atoms with Gasteiger partial charge in [-0.1, -0.05) is 73.4 Å². The first kappa shape index (κ1) is 65.6. The minimum absolute atomic E-state index is 0.0261. The molecule has 4 aromatic carbocycles. The van der Waals surface area contributed by atoms with Gasteiger partial charge >= 0.3 is 11.9 Å². The van der Waals surface area contributed by atoms with Gasteiger partial charge < -0.3 is 97.1 Å². The number of H-pyrrole nitrogens is 2. The number of guanidine groups is 1. The summed E-state index contributed by atoms with van der Waals surface area (Å²) in [5, 5.41) is 147. The van der Waals surface area contributed by atoms with Crippen LogP contribution in [0.15, 0.2) is 120 Å². The smallest absolute Gasteiger partial charge is 0.355 e. The Labute approximate surface area is 542 Å². The van der Waals surface area contributed by atoms with Crippen LogP contribution in [-0.2, 0) is 45.5 Å². The van der Waals surface area contributed by atoms with Crippen LogP contribution >= 0.6 is 0 Å². The number of aromatic amines is 2. The number of imidazole rings is 1. The normalized spacial score (nSPS) is 28.1. The quantitative estimate of drug-likeness (QED) is 0.00964. The number of allylic oxidation sites excluding steroid dienone is 1. The van der Waals surface area contributed by atoms with Crippen LogP contribution in [0.2, 0.25) is 0 Å². The Morgan fingerprint density at radius 3 is 2.43 bits per heavy atom. The molecule has 24 nitrogen and oxygen atoms in total. The Hall–Kier alpha value is -8.46. The number of fused-ring (bicyclic) bond motifs is 6. The van der Waals surface area contributed by atoms with Crippen LogP contribution in [0.25, 0.3) is 6.08 Å². The van der Waals surface area contributed by atoms with Gasteiger partial charge in [0.1, 0.15) is 35.6 Å². The molecule has 0 radical (unpaired) electrons. The van der Waals surface area contributed by atoms with Crippen molar-refractivity contribution in [2.45, 2.75) is 150 Å². The number of carboxylic acid groups (broad SMARTS) is 1. The summed E-state index contributed by atoms with van der Waals surface area (Å²) in [4.78, 5) is 47.6. The zero-order valence-electron chi connectivity index (χ0n) is 52.0. The van der Waals surface area contributed by atoms with E-state index in [1.807, 2.05) is 48.5 Å². The number of phenolic OH excluding ortho intramolecular Hbond substituents is 4. The van der Waals surface area contributed by atoms with E-state index in [9.17, 15) is 61.3 Å². The first-order valence-corrected chi connectivity index (χ1v) is 32.4. The van der Waals surface area contributed by atoms with E-state index in [0.717, 1.165) is 71.1 Å². The molecule has 2 aliphatic heterocycles. The number of carbonyl (C=O) groups excluding carboxylic acids is 1. The Balaban J connectivity index is 0.969. The van der Waals surface area contributed by atoms with E-state index in [1.54, 1.807) is 36.8 Å². The second-order valence-corrected chi connectivity index (χ2v) is 26.4. The lowest BCUT2D eigenvalue weighted by molar-refractivity contribution is -0.422. The van der Waals surface area contributed by atoms with Gasteiger partial charge in [0.05, 0.1) is 37.0 Å². The van der Waals surface area contributed by atoms with E-state index in [-0.39, 0.29) is 53.9 Å². The zero-order valence-corrected chi connectivity index (χ0v) is 52.0. The molecule has 18 N–H and O–H groups in total. The van der Waals surface area contributed by atoms with E-state index < -0.39 is 113 Å². The van der Waals surface area contributed by atoms with Crippen LogP contribution in [0.5, 0.6) is 28.7 Å². The van der Waals surface area contributed by atoms with Gasteiger partial charge in [-0.05, 0) is 134 Å². The van der Waals surface area contributed by atoms with Gasteiger partial charge in [-0.25, -0.2) is 14.8 Å². The van der Waals surface area contributed by atoms with Gasteiger partial charge in [-0.15, -0.1) is 0 Å². The summed E-state index contributed by atoms with van der Waals surface area (Å²) in [7, 11) is 0. The molecule has 12 rings (SSSR count). The number of nitrogens with two attached hydrogens (primary N) is 1. The van der Waals surface area contributed by atoms with Crippen molar-refractivity contribution in [3.05, 3.63) is 160 Å². The predicted molar refractivity (Wildman–Crippen MR) is 346 cm³/mol. The van der Waals surface area contributed by atoms with Gasteiger partial charge in [0.25, 0.3) is 5.91 Å². The number of nitrogens with one attached hydrogen (secondary N) is 4. The number of aliphatic carboxylic acids is 1. The molecule has 500 valence electrons. The lowest BCUT2D eigenvalue weighted by Gasteiger charge is -2.58. The van der Waals surface area contributed by atoms with Crippen molar-refractivity contribution >= 4 is 35.4 Å². The number of benzene rings is 4. The van der Waals surface area contributed by atoms with Crippen LogP contribution in [0.3, 0.4) is 0 Å². The monoisotopic (exact) mass is 1290 g/mol. The number of aliphatic hydroxyl groups excluding tert-OH is 6. The van der Waals surface area contributed by atoms with E-state index >= 15 is 9.59 Å². The van der Waals surface area contributed by atoms with Crippen molar-refractivity contribution in [3.8, 4) is 28.7 Å². The maximum Gasteiger partial charge on any atom is 0.355 e. The van der Waals surface area contributed by atoms with Gasteiger partial charge in [0, 0.05) is 90.5 Å². The fraction of sp³-hybridized carbons (Fsp3) is 0.457. The van der Waals surface area contributed by atoms with Crippen LogP contribution in [0, 0.1) is 23.2 Å². The number of aryl methyl sites for hydroxylation is 1. The van der Waals surface area contributed by atoms with Crippen molar-refractivity contribution in [1.29, 1.82) is 0 Å². The average Bonchev–Trinajstić information content (AvgIpc) is 1.48. The zero-order chi connectivity index (χ0) is 66.3. The van der Waals surface area contributed by atoms with Crippen molar-refractivity contribution in [2.24, 2.45) is 33.9 Å². The average molecular weight is 1290 g/mol. The van der Waals surface area contributed by atoms with Gasteiger partial charge in [0.15, 0.2) is 29.1 Å². The maximum atomic E-state index is 16.0. The summed E-state index contributed by atoms with van der Waals surface area (Å²) < 4.78 is 11.2. The number of hydrogen-bond donors (Lipinski definition) is 17. The topological polar surface area (TPSA) is 406 Å². The minimum Gasteiger partial charge on any atom is -0.508 e. The molecular weight excluding hydrogens is 1210 g/mol. The number of aromatic hydroxyl groups is 4. The molecule has 2 saturated carbocycles. The Bertz CT molecular complexity index is 3810. The lowest BCUT2D eigenvalue weighted by Crippen LogP contribution is -2.67. The second kappa shape index (κ2) is 26.7. The van der Waals surface area contributed by atoms with Crippen molar-refractivity contribution in [3.63, 3.8) is 0 Å². The van der Waals surface area contributed by atoms with Crippen molar-refractivity contribution < 1.29 is 80.3 Å². The molecule has 6 aliphatic rings. The highest BCUT2D eigenvalue weighted by Crippen LogP contribution is 2.72. The van der Waals surface area contributed by atoms with E-state index in [2.05, 4.69) is 30.6 Å². The summed E-state index contributed by atoms with van der Waals surface area (Å²) >= 11 is 0. The Morgan fingerprint density at radius 2 is 1.68 bits per heavy atom. The summed E-state index contributed by atoms with van der Waals surface area (Å²) in [6.07, 6.45) is 5.30. The Kier molecular flexibility index (Phi) is 18.7. The number of rotatable bonds is 23. The maximum absolute atomic E-state index is 16.0. The highest BCUT2D eigenvalue weighted by Gasteiger charge is 2.72.